The molecule has 86 valence electrons. The first-order valence-corrected chi connectivity index (χ1v) is 4.58. The summed E-state index contributed by atoms with van der Waals surface area (Å²) in [5, 5.41) is 9.53. The molecule has 1 N–H and O–H groups in total. The SMILES string of the molecule is CNCc1ccn2c(C(F)(F)F)nnc2c1. The van der Waals surface area contributed by atoms with Gasteiger partial charge in [0.1, 0.15) is 0 Å². The summed E-state index contributed by atoms with van der Waals surface area (Å²) < 4.78 is 38.3. The van der Waals surface area contributed by atoms with E-state index in [0.717, 1.165) is 9.96 Å². The molecule has 2 rings (SSSR count). The number of hydrogen-bond acceptors (Lipinski definition) is 3. The Balaban J connectivity index is 2.51. The van der Waals surface area contributed by atoms with Crippen molar-refractivity contribution in [2.24, 2.45) is 0 Å². The van der Waals surface area contributed by atoms with Crippen LogP contribution in [-0.2, 0) is 12.7 Å². The lowest BCUT2D eigenvalue weighted by Crippen LogP contribution is -2.11. The third-order valence-corrected chi connectivity index (χ3v) is 2.11. The van der Waals surface area contributed by atoms with Gasteiger partial charge in [0.25, 0.3) is 0 Å². The number of pyridine rings is 1. The predicted molar refractivity (Wildman–Crippen MR) is 50.8 cm³/mol. The summed E-state index contributed by atoms with van der Waals surface area (Å²) in [5.41, 5.74) is 1.05. The molecule has 0 unspecified atom stereocenters. The van der Waals surface area contributed by atoms with E-state index in [1.54, 1.807) is 19.2 Å². The molecule has 0 spiro atoms. The molecule has 0 bridgehead atoms. The second-order valence-electron chi connectivity index (χ2n) is 3.31. The van der Waals surface area contributed by atoms with E-state index < -0.39 is 12.0 Å². The maximum Gasteiger partial charge on any atom is 0.452 e. The summed E-state index contributed by atoms with van der Waals surface area (Å²) in [4.78, 5) is 0. The van der Waals surface area contributed by atoms with Gasteiger partial charge >= 0.3 is 6.18 Å². The first kappa shape index (κ1) is 10.9. The number of fused-ring (bicyclic) bond motifs is 1. The largest absolute Gasteiger partial charge is 0.452 e. The zero-order valence-electron chi connectivity index (χ0n) is 8.41. The molecule has 2 aromatic rings. The third kappa shape index (κ3) is 1.85. The van der Waals surface area contributed by atoms with Crippen LogP contribution in [0.5, 0.6) is 0 Å². The third-order valence-electron chi connectivity index (χ3n) is 2.11. The summed E-state index contributed by atoms with van der Waals surface area (Å²) in [6, 6.07) is 3.17. The number of aromatic nitrogens is 3. The lowest BCUT2D eigenvalue weighted by Gasteiger charge is -2.04. The first-order chi connectivity index (χ1) is 7.52. The highest BCUT2D eigenvalue weighted by Gasteiger charge is 2.36. The van der Waals surface area contributed by atoms with Crippen molar-refractivity contribution in [2.75, 3.05) is 7.05 Å². The van der Waals surface area contributed by atoms with E-state index in [1.807, 2.05) is 0 Å². The Labute approximate surface area is 89.1 Å². The van der Waals surface area contributed by atoms with Crippen LogP contribution in [0.3, 0.4) is 0 Å². The summed E-state index contributed by atoms with van der Waals surface area (Å²) in [6.45, 7) is 0.574. The molecule has 0 saturated carbocycles. The van der Waals surface area contributed by atoms with Gasteiger partial charge in [-0.1, -0.05) is 0 Å². The van der Waals surface area contributed by atoms with Gasteiger partial charge in [0.2, 0.25) is 5.82 Å². The lowest BCUT2D eigenvalue weighted by molar-refractivity contribution is -0.145. The zero-order chi connectivity index (χ0) is 11.8. The molecule has 0 radical (unpaired) electrons. The summed E-state index contributed by atoms with van der Waals surface area (Å²) in [6.07, 6.45) is -3.16. The Morgan fingerprint density at radius 1 is 1.38 bits per heavy atom. The van der Waals surface area contributed by atoms with Crippen molar-refractivity contribution in [3.05, 3.63) is 29.7 Å². The second kappa shape index (κ2) is 3.75. The van der Waals surface area contributed by atoms with Crippen molar-refractivity contribution in [3.63, 3.8) is 0 Å². The molecule has 0 aliphatic heterocycles. The van der Waals surface area contributed by atoms with Crippen LogP contribution in [-0.4, -0.2) is 21.6 Å². The molecule has 0 atom stereocenters. The molecular weight excluding hydrogens is 221 g/mol. The molecule has 0 aliphatic rings. The van der Waals surface area contributed by atoms with Crippen molar-refractivity contribution < 1.29 is 13.2 Å². The van der Waals surface area contributed by atoms with Gasteiger partial charge in [0.15, 0.2) is 5.65 Å². The molecule has 16 heavy (non-hydrogen) atoms. The average Bonchev–Trinajstić information content (AvgIpc) is 2.60. The van der Waals surface area contributed by atoms with E-state index in [9.17, 15) is 13.2 Å². The Morgan fingerprint density at radius 2 is 2.12 bits per heavy atom. The van der Waals surface area contributed by atoms with Crippen molar-refractivity contribution >= 4 is 5.65 Å². The van der Waals surface area contributed by atoms with Crippen LogP contribution in [0.1, 0.15) is 11.4 Å². The van der Waals surface area contributed by atoms with Crippen LogP contribution in [0.4, 0.5) is 13.2 Å². The Hall–Kier alpha value is -1.63. The number of hydrogen-bond donors (Lipinski definition) is 1. The maximum atomic E-state index is 12.5. The Morgan fingerprint density at radius 3 is 2.75 bits per heavy atom. The van der Waals surface area contributed by atoms with Gasteiger partial charge in [-0.05, 0) is 24.7 Å². The fraction of sp³-hybridized carbons (Fsp3) is 0.333. The minimum Gasteiger partial charge on any atom is -0.316 e. The Bertz CT molecular complexity index is 503. The highest BCUT2D eigenvalue weighted by molar-refractivity contribution is 5.41. The molecule has 0 aromatic carbocycles. The van der Waals surface area contributed by atoms with Crippen molar-refractivity contribution in [3.8, 4) is 0 Å². The van der Waals surface area contributed by atoms with Crippen molar-refractivity contribution in [2.45, 2.75) is 12.7 Å². The van der Waals surface area contributed by atoms with E-state index in [1.165, 1.54) is 6.20 Å². The minimum atomic E-state index is -4.48. The van der Waals surface area contributed by atoms with E-state index in [4.69, 9.17) is 0 Å². The maximum absolute atomic E-state index is 12.5. The molecule has 2 aromatic heterocycles. The molecular formula is C9H9F3N4. The van der Waals surface area contributed by atoms with Crippen LogP contribution >= 0.6 is 0 Å². The van der Waals surface area contributed by atoms with Crippen molar-refractivity contribution in [1.29, 1.82) is 0 Å². The summed E-state index contributed by atoms with van der Waals surface area (Å²) >= 11 is 0. The number of halogens is 3. The normalized spacial score (nSPS) is 12.2. The molecule has 7 heteroatoms. The Kier molecular flexibility index (Phi) is 2.55. The molecule has 2 heterocycles. The van der Waals surface area contributed by atoms with Gasteiger partial charge in [0.05, 0.1) is 0 Å². The van der Waals surface area contributed by atoms with Gasteiger partial charge in [-0.2, -0.15) is 13.2 Å². The van der Waals surface area contributed by atoms with Gasteiger partial charge in [-0.25, -0.2) is 0 Å². The molecule has 0 fully saturated rings. The standard InChI is InChI=1S/C9H9F3N4/c1-13-5-6-2-3-16-7(4-6)14-15-8(16)9(10,11)12/h2-4,13H,5H2,1H3. The quantitative estimate of drug-likeness (QED) is 0.849. The minimum absolute atomic E-state index is 0.195. The van der Waals surface area contributed by atoms with E-state index >= 15 is 0 Å². The van der Waals surface area contributed by atoms with Gasteiger partial charge in [-0.15, -0.1) is 10.2 Å². The monoisotopic (exact) mass is 230 g/mol. The summed E-state index contributed by atoms with van der Waals surface area (Å²) in [5.74, 6) is -1.00. The molecule has 0 aliphatic carbocycles. The van der Waals surface area contributed by atoms with Crippen LogP contribution in [0.25, 0.3) is 5.65 Å². The van der Waals surface area contributed by atoms with E-state index in [2.05, 4.69) is 15.5 Å². The molecule has 0 saturated heterocycles. The summed E-state index contributed by atoms with van der Waals surface area (Å²) in [7, 11) is 1.76. The second-order valence-corrected chi connectivity index (χ2v) is 3.31. The number of rotatable bonds is 2. The number of nitrogens with zero attached hydrogens (tertiary/aromatic N) is 3. The lowest BCUT2D eigenvalue weighted by atomic mass is 10.2. The van der Waals surface area contributed by atoms with Gasteiger partial charge < -0.3 is 5.32 Å². The first-order valence-electron chi connectivity index (χ1n) is 4.58. The topological polar surface area (TPSA) is 42.2 Å². The average molecular weight is 230 g/mol. The van der Waals surface area contributed by atoms with E-state index in [-0.39, 0.29) is 5.65 Å². The predicted octanol–water partition coefficient (Wildman–Crippen LogP) is 1.47. The highest BCUT2D eigenvalue weighted by atomic mass is 19.4. The van der Waals surface area contributed by atoms with E-state index in [0.29, 0.717) is 6.54 Å². The number of alkyl halides is 3. The van der Waals surface area contributed by atoms with Crippen LogP contribution in [0, 0.1) is 0 Å². The van der Waals surface area contributed by atoms with Gasteiger partial charge in [0, 0.05) is 12.7 Å². The number of nitrogens with one attached hydrogen (secondary N) is 1. The highest BCUT2D eigenvalue weighted by Crippen LogP contribution is 2.27. The zero-order valence-corrected chi connectivity index (χ0v) is 8.41. The fourth-order valence-corrected chi connectivity index (χ4v) is 1.44. The van der Waals surface area contributed by atoms with Crippen LogP contribution in [0.2, 0.25) is 0 Å². The van der Waals surface area contributed by atoms with Crippen LogP contribution in [0.15, 0.2) is 18.3 Å². The van der Waals surface area contributed by atoms with Crippen molar-refractivity contribution in [1.82, 2.24) is 19.9 Å². The molecule has 0 amide bonds. The smallest absolute Gasteiger partial charge is 0.316 e. The fourth-order valence-electron chi connectivity index (χ4n) is 1.44. The van der Waals surface area contributed by atoms with Gasteiger partial charge in [-0.3, -0.25) is 4.40 Å². The molecule has 4 nitrogen and oxygen atoms in total. The van der Waals surface area contributed by atoms with Crippen LogP contribution < -0.4 is 5.32 Å².